The van der Waals surface area contributed by atoms with Crippen LogP contribution in [0, 0.1) is 34.5 Å². The molecule has 0 unspecified atom stereocenters. The van der Waals surface area contributed by atoms with E-state index in [2.05, 4.69) is 25.2 Å². The summed E-state index contributed by atoms with van der Waals surface area (Å²) in [6.45, 7) is 4.55. The van der Waals surface area contributed by atoms with Crippen molar-refractivity contribution in [3.05, 3.63) is 11.8 Å². The zero-order valence-corrected chi connectivity index (χ0v) is 14.1. The van der Waals surface area contributed by atoms with Gasteiger partial charge >= 0.3 is 5.97 Å². The van der Waals surface area contributed by atoms with Crippen LogP contribution in [0.5, 0.6) is 0 Å². The van der Waals surface area contributed by atoms with Gasteiger partial charge in [-0.15, -0.1) is 0 Å². The Hall–Kier alpha value is -1.32. The third-order valence-electron chi connectivity index (χ3n) is 7.91. The number of fused-ring (bicyclic) bond motifs is 5. The molecular formula is C19H27NO3. The van der Waals surface area contributed by atoms with Gasteiger partial charge in [-0.3, -0.25) is 9.59 Å². The molecule has 23 heavy (non-hydrogen) atoms. The number of carboxylic acids is 1. The van der Waals surface area contributed by atoms with E-state index in [1.165, 1.54) is 0 Å². The average Bonchev–Trinajstić information content (AvgIpc) is 2.85. The number of nitrogens with one attached hydrogen (secondary N) is 1. The van der Waals surface area contributed by atoms with E-state index in [0.717, 1.165) is 44.2 Å². The van der Waals surface area contributed by atoms with Crippen molar-refractivity contribution in [1.29, 1.82) is 0 Å². The molecule has 4 nitrogen and oxygen atoms in total. The molecule has 4 rings (SSSR count). The molecule has 3 fully saturated rings. The van der Waals surface area contributed by atoms with Crippen molar-refractivity contribution in [2.75, 3.05) is 0 Å². The van der Waals surface area contributed by atoms with Gasteiger partial charge in [-0.2, -0.15) is 0 Å². The molecule has 0 spiro atoms. The van der Waals surface area contributed by atoms with Crippen LogP contribution in [-0.2, 0) is 9.59 Å². The molecule has 3 aliphatic carbocycles. The molecular weight excluding hydrogens is 290 g/mol. The topological polar surface area (TPSA) is 66.4 Å². The van der Waals surface area contributed by atoms with Gasteiger partial charge in [0.25, 0.3) is 0 Å². The van der Waals surface area contributed by atoms with Crippen LogP contribution in [-0.4, -0.2) is 17.0 Å². The number of amides is 1. The number of piperidine rings is 1. The average molecular weight is 317 g/mol. The molecule has 4 heteroatoms. The number of carbonyl (C=O) groups excluding carboxylic acids is 1. The molecule has 1 aliphatic heterocycles. The molecule has 2 saturated carbocycles. The number of rotatable bonds is 1. The van der Waals surface area contributed by atoms with E-state index >= 15 is 0 Å². The summed E-state index contributed by atoms with van der Waals surface area (Å²) >= 11 is 0. The summed E-state index contributed by atoms with van der Waals surface area (Å²) in [6, 6.07) is 0. The van der Waals surface area contributed by atoms with Gasteiger partial charge in [-0.25, -0.2) is 0 Å². The lowest BCUT2D eigenvalue weighted by molar-refractivity contribution is -0.149. The molecule has 1 amide bonds. The predicted molar refractivity (Wildman–Crippen MR) is 86.4 cm³/mol. The van der Waals surface area contributed by atoms with Gasteiger partial charge in [0, 0.05) is 17.5 Å². The number of hydrogen-bond acceptors (Lipinski definition) is 2. The number of hydrogen-bond donors (Lipinski definition) is 2. The third kappa shape index (κ3) is 1.96. The molecule has 126 valence electrons. The highest BCUT2D eigenvalue weighted by Crippen LogP contribution is 2.65. The van der Waals surface area contributed by atoms with Crippen LogP contribution in [0.25, 0.3) is 0 Å². The molecule has 1 heterocycles. The minimum atomic E-state index is -0.600. The van der Waals surface area contributed by atoms with Crippen LogP contribution in [0.1, 0.15) is 58.8 Å². The van der Waals surface area contributed by atoms with Crippen molar-refractivity contribution < 1.29 is 14.7 Å². The molecule has 2 N–H and O–H groups in total. The van der Waals surface area contributed by atoms with Crippen molar-refractivity contribution in [3.8, 4) is 0 Å². The van der Waals surface area contributed by atoms with E-state index in [1.807, 2.05) is 0 Å². The van der Waals surface area contributed by atoms with Crippen LogP contribution in [0.4, 0.5) is 0 Å². The Balaban J connectivity index is 1.67. The van der Waals surface area contributed by atoms with E-state index < -0.39 is 5.97 Å². The second-order valence-corrected chi connectivity index (χ2v) is 8.71. The Labute approximate surface area is 137 Å². The number of carboxylic acid groups (broad SMARTS) is 1. The van der Waals surface area contributed by atoms with E-state index in [1.54, 1.807) is 0 Å². The minimum Gasteiger partial charge on any atom is -0.481 e. The fourth-order valence-electron chi connectivity index (χ4n) is 6.60. The standard InChI is InChI=1S/C19H27NO3/c1-18-9-7-13-11(12(18)4-5-14(18)17(22)23)3-6-15-19(13,2)10-8-16(21)20-15/h6,11-14H,3-5,7-10H2,1-2H3,(H,20,21)(H,22,23)/t11-,12-,13-,14-,18-,19+/m0/s1. The van der Waals surface area contributed by atoms with Crippen LogP contribution in [0.15, 0.2) is 11.8 Å². The van der Waals surface area contributed by atoms with Gasteiger partial charge in [-0.1, -0.05) is 19.9 Å². The van der Waals surface area contributed by atoms with E-state index in [-0.39, 0.29) is 22.7 Å². The maximum atomic E-state index is 11.8. The second-order valence-electron chi connectivity index (χ2n) is 8.71. The van der Waals surface area contributed by atoms with Crippen LogP contribution >= 0.6 is 0 Å². The van der Waals surface area contributed by atoms with Crippen LogP contribution < -0.4 is 5.32 Å². The van der Waals surface area contributed by atoms with Gasteiger partial charge in [0.05, 0.1) is 5.92 Å². The summed E-state index contributed by atoms with van der Waals surface area (Å²) < 4.78 is 0. The first kappa shape index (κ1) is 15.2. The molecule has 0 bridgehead atoms. The van der Waals surface area contributed by atoms with Crippen LogP contribution in [0.2, 0.25) is 0 Å². The molecule has 0 aromatic rings. The number of aliphatic carboxylic acids is 1. The highest BCUT2D eigenvalue weighted by molar-refractivity contribution is 5.79. The van der Waals surface area contributed by atoms with Crippen molar-refractivity contribution in [1.82, 2.24) is 5.32 Å². The van der Waals surface area contributed by atoms with Crippen molar-refractivity contribution in [2.45, 2.75) is 58.8 Å². The summed E-state index contributed by atoms with van der Waals surface area (Å²) in [7, 11) is 0. The maximum absolute atomic E-state index is 11.8. The lowest BCUT2D eigenvalue weighted by Gasteiger charge is -2.56. The Morgan fingerprint density at radius 3 is 2.74 bits per heavy atom. The maximum Gasteiger partial charge on any atom is 0.307 e. The quantitative estimate of drug-likeness (QED) is 0.779. The zero-order valence-electron chi connectivity index (χ0n) is 14.1. The van der Waals surface area contributed by atoms with Crippen molar-refractivity contribution in [3.63, 3.8) is 0 Å². The van der Waals surface area contributed by atoms with Gasteiger partial charge < -0.3 is 10.4 Å². The Kier molecular flexibility index (Phi) is 3.20. The normalized spacial score (nSPS) is 48.6. The molecule has 0 aromatic heterocycles. The molecule has 1 saturated heterocycles. The lowest BCUT2D eigenvalue weighted by atomic mass is 9.49. The van der Waals surface area contributed by atoms with E-state index in [9.17, 15) is 14.7 Å². The summed E-state index contributed by atoms with van der Waals surface area (Å²) in [4.78, 5) is 23.4. The largest absolute Gasteiger partial charge is 0.481 e. The highest BCUT2D eigenvalue weighted by atomic mass is 16.4. The first-order chi connectivity index (χ1) is 10.9. The summed E-state index contributed by atoms with van der Waals surface area (Å²) in [5, 5.41) is 12.7. The molecule has 0 aromatic carbocycles. The predicted octanol–water partition coefficient (Wildman–Crippen LogP) is 3.33. The molecule has 6 atom stereocenters. The first-order valence-electron chi connectivity index (χ1n) is 9.09. The third-order valence-corrected chi connectivity index (χ3v) is 7.91. The molecule has 0 radical (unpaired) electrons. The van der Waals surface area contributed by atoms with E-state index in [4.69, 9.17) is 0 Å². The monoisotopic (exact) mass is 317 g/mol. The lowest BCUT2D eigenvalue weighted by Crippen LogP contribution is -2.53. The fourth-order valence-corrected chi connectivity index (χ4v) is 6.60. The van der Waals surface area contributed by atoms with Crippen molar-refractivity contribution in [2.24, 2.45) is 34.5 Å². The van der Waals surface area contributed by atoms with Crippen LogP contribution in [0.3, 0.4) is 0 Å². The molecule has 4 aliphatic rings. The Morgan fingerprint density at radius 2 is 2.00 bits per heavy atom. The van der Waals surface area contributed by atoms with E-state index in [0.29, 0.717) is 24.2 Å². The number of carbonyl (C=O) groups is 2. The summed E-state index contributed by atoms with van der Waals surface area (Å²) in [6.07, 6.45) is 8.83. The van der Waals surface area contributed by atoms with Crippen molar-refractivity contribution >= 4 is 11.9 Å². The zero-order chi connectivity index (χ0) is 16.4. The SMILES string of the molecule is C[C@]12CC[C@H]3[C@@H](CC=C4NC(=O)CC[C@@]43C)[C@@H]1CC[C@H]2C(=O)O. The smallest absolute Gasteiger partial charge is 0.307 e. The first-order valence-corrected chi connectivity index (χ1v) is 9.09. The van der Waals surface area contributed by atoms with Gasteiger partial charge in [0.15, 0.2) is 0 Å². The number of allylic oxidation sites excluding steroid dienone is 2. The Bertz CT molecular complexity index is 597. The summed E-state index contributed by atoms with van der Waals surface area (Å²) in [5.74, 6) is 1.08. The van der Waals surface area contributed by atoms with Gasteiger partial charge in [0.1, 0.15) is 0 Å². The Morgan fingerprint density at radius 1 is 1.22 bits per heavy atom. The minimum absolute atomic E-state index is 0.0351. The fraction of sp³-hybridized carbons (Fsp3) is 0.789. The second kappa shape index (κ2) is 4.84. The summed E-state index contributed by atoms with van der Waals surface area (Å²) in [5.41, 5.74) is 1.19. The van der Waals surface area contributed by atoms with Gasteiger partial charge in [-0.05, 0) is 61.7 Å². The van der Waals surface area contributed by atoms with Gasteiger partial charge in [0.2, 0.25) is 5.91 Å². The highest BCUT2D eigenvalue weighted by Gasteiger charge is 2.60.